The number of phenols is 1. The molecule has 5 nitrogen and oxygen atoms in total. The van der Waals surface area contributed by atoms with E-state index in [0.29, 0.717) is 18.7 Å². The van der Waals surface area contributed by atoms with Gasteiger partial charge in [-0.3, -0.25) is 9.78 Å². The van der Waals surface area contributed by atoms with E-state index in [1.165, 1.54) is 12.1 Å². The second kappa shape index (κ2) is 6.06. The Labute approximate surface area is 117 Å². The molecule has 3 N–H and O–H groups in total. The van der Waals surface area contributed by atoms with Crippen LogP contribution in [0.3, 0.4) is 0 Å². The molecule has 104 valence electrons. The van der Waals surface area contributed by atoms with E-state index >= 15 is 0 Å². The molecule has 0 bridgehead atoms. The van der Waals surface area contributed by atoms with Crippen molar-refractivity contribution >= 4 is 11.6 Å². The van der Waals surface area contributed by atoms with E-state index in [-0.39, 0.29) is 17.3 Å². The van der Waals surface area contributed by atoms with E-state index in [2.05, 4.69) is 4.98 Å². The van der Waals surface area contributed by atoms with Crippen LogP contribution in [0.2, 0.25) is 0 Å². The molecule has 0 aliphatic heterocycles. The van der Waals surface area contributed by atoms with Crippen molar-refractivity contribution in [1.29, 1.82) is 0 Å². The third-order valence-corrected chi connectivity index (χ3v) is 3.03. The van der Waals surface area contributed by atoms with E-state index in [1.54, 1.807) is 17.2 Å². The summed E-state index contributed by atoms with van der Waals surface area (Å²) in [5.74, 6) is -0.238. The largest absolute Gasteiger partial charge is 0.506 e. The van der Waals surface area contributed by atoms with E-state index in [0.717, 1.165) is 5.69 Å². The minimum atomic E-state index is -0.159. The van der Waals surface area contributed by atoms with Crippen molar-refractivity contribution in [1.82, 2.24) is 9.88 Å². The molecule has 0 aliphatic rings. The van der Waals surface area contributed by atoms with Gasteiger partial charge in [-0.2, -0.15) is 0 Å². The molecule has 20 heavy (non-hydrogen) atoms. The van der Waals surface area contributed by atoms with E-state index in [1.807, 2.05) is 25.1 Å². The summed E-state index contributed by atoms with van der Waals surface area (Å²) in [4.78, 5) is 18.3. The Morgan fingerprint density at radius 2 is 2.15 bits per heavy atom. The van der Waals surface area contributed by atoms with Gasteiger partial charge >= 0.3 is 0 Å². The van der Waals surface area contributed by atoms with Crippen LogP contribution in [-0.2, 0) is 6.54 Å². The van der Waals surface area contributed by atoms with Gasteiger partial charge in [-0.1, -0.05) is 6.07 Å². The lowest BCUT2D eigenvalue weighted by Gasteiger charge is -2.20. The number of amides is 1. The van der Waals surface area contributed by atoms with E-state index < -0.39 is 0 Å². The summed E-state index contributed by atoms with van der Waals surface area (Å²) in [6, 6.07) is 10.1. The quantitative estimate of drug-likeness (QED) is 0.658. The molecule has 0 atom stereocenters. The molecule has 1 aromatic carbocycles. The third kappa shape index (κ3) is 3.06. The first-order valence-corrected chi connectivity index (χ1v) is 6.39. The molecular weight excluding hydrogens is 254 g/mol. The number of aromatic nitrogens is 1. The number of aromatic hydroxyl groups is 1. The Morgan fingerprint density at radius 1 is 1.35 bits per heavy atom. The number of nitrogen functional groups attached to an aromatic ring is 1. The Bertz CT molecular complexity index is 599. The molecular formula is C15H17N3O2. The molecule has 0 spiro atoms. The number of anilines is 1. The summed E-state index contributed by atoms with van der Waals surface area (Å²) >= 11 is 0. The topological polar surface area (TPSA) is 79.5 Å². The Balaban J connectivity index is 2.18. The smallest absolute Gasteiger partial charge is 0.254 e. The van der Waals surface area contributed by atoms with Gasteiger partial charge in [0, 0.05) is 18.3 Å². The summed E-state index contributed by atoms with van der Waals surface area (Å²) in [6.45, 7) is 2.89. The first-order chi connectivity index (χ1) is 9.61. The number of rotatable bonds is 4. The van der Waals surface area contributed by atoms with Crippen LogP contribution in [0.5, 0.6) is 5.75 Å². The molecule has 2 rings (SSSR count). The van der Waals surface area contributed by atoms with Gasteiger partial charge in [0.15, 0.2) is 0 Å². The van der Waals surface area contributed by atoms with Crippen molar-refractivity contribution in [2.75, 3.05) is 12.3 Å². The summed E-state index contributed by atoms with van der Waals surface area (Å²) in [6.07, 6.45) is 1.70. The van der Waals surface area contributed by atoms with Gasteiger partial charge in [0.2, 0.25) is 0 Å². The zero-order valence-corrected chi connectivity index (χ0v) is 11.3. The van der Waals surface area contributed by atoms with Crippen molar-refractivity contribution in [2.24, 2.45) is 0 Å². The normalized spacial score (nSPS) is 10.2. The standard InChI is InChI=1S/C15H17N3O2/c1-2-18(10-12-5-3-4-8-17-12)15(20)11-6-7-13(16)14(19)9-11/h3-9,19H,2,10,16H2,1H3. The fourth-order valence-corrected chi connectivity index (χ4v) is 1.87. The zero-order valence-electron chi connectivity index (χ0n) is 11.3. The van der Waals surface area contributed by atoms with Crippen LogP contribution >= 0.6 is 0 Å². The molecule has 0 aliphatic carbocycles. The second-order valence-electron chi connectivity index (χ2n) is 4.41. The van der Waals surface area contributed by atoms with Crippen molar-refractivity contribution < 1.29 is 9.90 Å². The van der Waals surface area contributed by atoms with Crippen molar-refractivity contribution in [2.45, 2.75) is 13.5 Å². The Kier molecular flexibility index (Phi) is 4.20. The molecule has 0 saturated heterocycles. The fraction of sp³-hybridized carbons (Fsp3) is 0.200. The lowest BCUT2D eigenvalue weighted by atomic mass is 10.1. The van der Waals surface area contributed by atoms with Crippen LogP contribution in [0.25, 0.3) is 0 Å². The number of carbonyl (C=O) groups is 1. The van der Waals surface area contributed by atoms with Crippen LogP contribution in [0.4, 0.5) is 5.69 Å². The monoisotopic (exact) mass is 271 g/mol. The molecule has 0 unspecified atom stereocenters. The summed E-state index contributed by atoms with van der Waals surface area (Å²) in [5, 5.41) is 9.59. The second-order valence-corrected chi connectivity index (χ2v) is 4.41. The van der Waals surface area contributed by atoms with Gasteiger partial charge in [0.1, 0.15) is 5.75 Å². The highest BCUT2D eigenvalue weighted by molar-refractivity contribution is 5.95. The maximum atomic E-state index is 12.4. The first kappa shape index (κ1) is 13.9. The van der Waals surface area contributed by atoms with Crippen LogP contribution < -0.4 is 5.73 Å². The van der Waals surface area contributed by atoms with Gasteiger partial charge in [-0.05, 0) is 37.3 Å². The molecule has 0 saturated carbocycles. The number of hydrogen-bond acceptors (Lipinski definition) is 4. The van der Waals surface area contributed by atoms with Crippen LogP contribution in [-0.4, -0.2) is 27.4 Å². The van der Waals surface area contributed by atoms with E-state index in [9.17, 15) is 9.90 Å². The number of nitrogens with two attached hydrogens (primary N) is 1. The average Bonchev–Trinajstić information content (AvgIpc) is 2.48. The molecule has 0 fully saturated rings. The zero-order chi connectivity index (χ0) is 14.5. The van der Waals surface area contributed by atoms with Crippen molar-refractivity contribution in [3.63, 3.8) is 0 Å². The van der Waals surface area contributed by atoms with Crippen molar-refractivity contribution in [3.05, 3.63) is 53.9 Å². The summed E-state index contributed by atoms with van der Waals surface area (Å²) < 4.78 is 0. The molecule has 1 aromatic heterocycles. The number of nitrogens with zero attached hydrogens (tertiary/aromatic N) is 2. The third-order valence-electron chi connectivity index (χ3n) is 3.03. The summed E-state index contributed by atoms with van der Waals surface area (Å²) in [7, 11) is 0. The Morgan fingerprint density at radius 3 is 2.75 bits per heavy atom. The molecule has 5 heteroatoms. The highest BCUT2D eigenvalue weighted by atomic mass is 16.3. The lowest BCUT2D eigenvalue weighted by Crippen LogP contribution is -2.30. The minimum absolute atomic E-state index is 0.0789. The number of pyridine rings is 1. The van der Waals surface area contributed by atoms with E-state index in [4.69, 9.17) is 5.73 Å². The highest BCUT2D eigenvalue weighted by Gasteiger charge is 2.16. The fourth-order valence-electron chi connectivity index (χ4n) is 1.87. The predicted octanol–water partition coefficient (Wildman–Crippen LogP) is 2.03. The number of benzene rings is 1. The maximum absolute atomic E-state index is 12.4. The molecule has 0 radical (unpaired) electrons. The van der Waals surface area contributed by atoms with Gasteiger partial charge in [-0.25, -0.2) is 0 Å². The molecule has 1 heterocycles. The van der Waals surface area contributed by atoms with Crippen LogP contribution in [0.15, 0.2) is 42.6 Å². The van der Waals surface area contributed by atoms with Crippen LogP contribution in [0.1, 0.15) is 23.0 Å². The maximum Gasteiger partial charge on any atom is 0.254 e. The number of phenolic OH excluding ortho intramolecular Hbond substituents is 1. The first-order valence-electron chi connectivity index (χ1n) is 6.39. The number of carbonyl (C=O) groups excluding carboxylic acids is 1. The minimum Gasteiger partial charge on any atom is -0.506 e. The Hall–Kier alpha value is -2.56. The molecule has 1 amide bonds. The van der Waals surface area contributed by atoms with Crippen LogP contribution in [0, 0.1) is 0 Å². The summed E-state index contributed by atoms with van der Waals surface area (Å²) in [5.41, 5.74) is 7.03. The SMILES string of the molecule is CCN(Cc1ccccn1)C(=O)c1ccc(N)c(O)c1. The average molecular weight is 271 g/mol. The predicted molar refractivity (Wildman–Crippen MR) is 77.2 cm³/mol. The van der Waals surface area contributed by atoms with Gasteiger partial charge < -0.3 is 15.7 Å². The lowest BCUT2D eigenvalue weighted by molar-refractivity contribution is 0.0750. The van der Waals surface area contributed by atoms with Gasteiger partial charge in [0.25, 0.3) is 5.91 Å². The van der Waals surface area contributed by atoms with Gasteiger partial charge in [0.05, 0.1) is 17.9 Å². The molecule has 2 aromatic rings. The van der Waals surface area contributed by atoms with Gasteiger partial charge in [-0.15, -0.1) is 0 Å². The van der Waals surface area contributed by atoms with Crippen molar-refractivity contribution in [3.8, 4) is 5.75 Å². The number of hydrogen-bond donors (Lipinski definition) is 2. The highest BCUT2D eigenvalue weighted by Crippen LogP contribution is 2.21.